The Morgan fingerprint density at radius 3 is 2.83 bits per heavy atom. The molecule has 0 saturated carbocycles. The minimum absolute atomic E-state index is 0.0717. The highest BCUT2D eigenvalue weighted by molar-refractivity contribution is 6.04. The van der Waals surface area contributed by atoms with Crippen LogP contribution in [-0.4, -0.2) is 72.6 Å². The Bertz CT molecular complexity index is 1450. The van der Waals surface area contributed by atoms with Crippen LogP contribution in [0, 0.1) is 12.7 Å². The second-order valence-electron chi connectivity index (χ2n) is 10.0. The van der Waals surface area contributed by atoms with Crippen molar-refractivity contribution in [2.24, 2.45) is 0 Å². The largest absolute Gasteiger partial charge is 0.468 e. The average Bonchev–Trinajstić information content (AvgIpc) is 3.41. The van der Waals surface area contributed by atoms with Gasteiger partial charge in [-0.3, -0.25) is 0 Å². The number of aromatic nitrogens is 1. The molecule has 1 aromatic heterocycles. The summed E-state index contributed by atoms with van der Waals surface area (Å²) in [6.07, 6.45) is 1.79. The van der Waals surface area contributed by atoms with E-state index in [0.717, 1.165) is 16.5 Å². The lowest BCUT2D eigenvalue weighted by molar-refractivity contribution is -0.768. The summed E-state index contributed by atoms with van der Waals surface area (Å²) in [4.78, 5) is 33.1. The Hall–Kier alpha value is -3.34. The molecule has 188 valence electrons. The Morgan fingerprint density at radius 1 is 1.33 bits per heavy atom. The van der Waals surface area contributed by atoms with Gasteiger partial charge in [0.05, 0.1) is 18.3 Å². The maximum atomic E-state index is 15.1. The average molecular weight is 496 g/mol. The Morgan fingerprint density at radius 2 is 2.11 bits per heavy atom. The van der Waals surface area contributed by atoms with Gasteiger partial charge < -0.3 is 24.8 Å². The first-order valence-corrected chi connectivity index (χ1v) is 12.1. The van der Waals surface area contributed by atoms with E-state index in [1.54, 1.807) is 20.0 Å². The number of hydrogen-bond acceptors (Lipinski definition) is 8. The zero-order valence-corrected chi connectivity index (χ0v) is 20.7. The van der Waals surface area contributed by atoms with Crippen LogP contribution in [0.5, 0.6) is 5.75 Å². The fraction of sp³-hybridized carbons (Fsp3) is 0.423. The number of pyridine rings is 1. The van der Waals surface area contributed by atoms with E-state index < -0.39 is 17.4 Å². The van der Waals surface area contributed by atoms with Crippen LogP contribution in [0.15, 0.2) is 23.3 Å². The number of amides is 1. The van der Waals surface area contributed by atoms with Gasteiger partial charge in [0.15, 0.2) is 29.6 Å². The molecule has 1 unspecified atom stereocenters. The summed E-state index contributed by atoms with van der Waals surface area (Å²) >= 11 is 0. The monoisotopic (exact) mass is 495 g/mol. The fourth-order valence-electron chi connectivity index (χ4n) is 5.93. The van der Waals surface area contributed by atoms with E-state index in [2.05, 4.69) is 5.32 Å². The lowest BCUT2D eigenvalue weighted by Crippen LogP contribution is -2.54. The van der Waals surface area contributed by atoms with Crippen molar-refractivity contribution in [2.75, 3.05) is 45.4 Å². The number of benzene rings is 1. The van der Waals surface area contributed by atoms with Gasteiger partial charge in [-0.1, -0.05) is 6.92 Å². The van der Waals surface area contributed by atoms with E-state index in [1.165, 1.54) is 6.07 Å². The van der Waals surface area contributed by atoms with Crippen molar-refractivity contribution in [3.05, 3.63) is 45.9 Å². The van der Waals surface area contributed by atoms with Gasteiger partial charge in [0.1, 0.15) is 24.4 Å². The molecule has 0 fully saturated rings. The van der Waals surface area contributed by atoms with E-state index in [0.29, 0.717) is 47.8 Å². The van der Waals surface area contributed by atoms with E-state index in [9.17, 15) is 14.7 Å². The first-order chi connectivity index (χ1) is 17.2. The highest BCUT2D eigenvalue weighted by atomic mass is 19.1. The maximum absolute atomic E-state index is 15.1. The number of nitrogens with one attached hydrogen (secondary N) is 1. The molecule has 0 spiro atoms. The topological polar surface area (TPSA) is 101 Å². The molecule has 4 aliphatic heterocycles. The predicted octanol–water partition coefficient (Wildman–Crippen LogP) is 1.89. The van der Waals surface area contributed by atoms with Gasteiger partial charge in [0, 0.05) is 41.8 Å². The number of aliphatic hydroxyl groups is 1. The number of halogens is 1. The van der Waals surface area contributed by atoms with Crippen LogP contribution < -0.4 is 15.0 Å². The highest BCUT2D eigenvalue weighted by Gasteiger charge is 2.56. The van der Waals surface area contributed by atoms with Crippen molar-refractivity contribution >= 4 is 34.2 Å². The standard InChI is InChI=1S/C26H28FN4O5/c1-5-26(34)16-8-19-21-14(10-31(19,4)24(32)15(16)11-35-25(26)33)13(2)20-18(29-21)9-17(27)23-22(20)30(12-36-23)7-6-28-3/h8-9,28,34H,5-7,10-12H2,1-4H3/q+1/t26-,31?/m0/s1. The van der Waals surface area contributed by atoms with E-state index >= 15 is 4.39 Å². The quantitative estimate of drug-likeness (QED) is 0.490. The molecule has 2 aromatic rings. The lowest BCUT2D eigenvalue weighted by Gasteiger charge is -2.38. The first-order valence-electron chi connectivity index (χ1n) is 12.1. The lowest BCUT2D eigenvalue weighted by atomic mass is 9.82. The molecule has 5 heterocycles. The summed E-state index contributed by atoms with van der Waals surface area (Å²) in [6, 6.07) is 1.38. The molecular formula is C26H28FN4O5+. The van der Waals surface area contributed by atoms with Crippen molar-refractivity contribution in [2.45, 2.75) is 32.4 Å². The molecule has 0 bridgehead atoms. The zero-order chi connectivity index (χ0) is 25.6. The fourth-order valence-corrected chi connectivity index (χ4v) is 5.93. The summed E-state index contributed by atoms with van der Waals surface area (Å²) in [5, 5.41) is 15.1. The van der Waals surface area contributed by atoms with Crippen LogP contribution in [0.1, 0.15) is 30.2 Å². The Labute approximate surface area is 207 Å². The Kier molecular flexibility index (Phi) is 4.86. The van der Waals surface area contributed by atoms with Crippen LogP contribution in [0.3, 0.4) is 0 Å². The number of aryl methyl sites for hydroxylation is 1. The molecule has 2 atom stereocenters. The summed E-state index contributed by atoms with van der Waals surface area (Å²) in [7, 11) is 3.66. The van der Waals surface area contributed by atoms with Crippen LogP contribution in [0.4, 0.5) is 10.1 Å². The normalized spacial score (nSPS) is 26.4. The van der Waals surface area contributed by atoms with Crippen LogP contribution >= 0.6 is 0 Å². The smallest absolute Gasteiger partial charge is 0.350 e. The molecule has 9 nitrogen and oxygen atoms in total. The predicted molar refractivity (Wildman–Crippen MR) is 129 cm³/mol. The number of rotatable bonds is 4. The van der Waals surface area contributed by atoms with Crippen molar-refractivity contribution in [3.8, 4) is 5.75 Å². The number of ether oxygens (including phenoxy) is 2. The molecule has 4 aliphatic rings. The summed E-state index contributed by atoms with van der Waals surface area (Å²) in [5.41, 5.74) is 2.79. The van der Waals surface area contributed by atoms with Crippen LogP contribution in [-0.2, 0) is 20.9 Å². The molecule has 0 aliphatic carbocycles. The van der Waals surface area contributed by atoms with Crippen molar-refractivity contribution in [3.63, 3.8) is 0 Å². The SMILES string of the molecule is CC[C@@]1(O)C(=O)OCC2=C1C=C1c3nc4cc(F)c5c(c4c(C)c3C[N+]1(C)C2=O)N(CCNC)CO5. The van der Waals surface area contributed by atoms with E-state index in [1.807, 2.05) is 18.9 Å². The van der Waals surface area contributed by atoms with Crippen LogP contribution in [0.25, 0.3) is 16.6 Å². The van der Waals surface area contributed by atoms with Crippen LogP contribution in [0.2, 0.25) is 0 Å². The second kappa shape index (κ2) is 7.58. The van der Waals surface area contributed by atoms with Gasteiger partial charge in [-0.15, -0.1) is 0 Å². The van der Waals surface area contributed by atoms with E-state index in [-0.39, 0.29) is 41.5 Å². The molecule has 1 aromatic carbocycles. The number of carbonyl (C=O) groups is 2. The number of hydrogen-bond donors (Lipinski definition) is 2. The van der Waals surface area contributed by atoms with Gasteiger partial charge in [-0.2, -0.15) is 0 Å². The number of likely N-dealkylation sites (N-methyl/N-ethyl adjacent to an activating group) is 2. The number of quaternary nitrogens is 1. The molecule has 0 saturated heterocycles. The number of fused-ring (bicyclic) bond motifs is 6. The first kappa shape index (κ1) is 23.1. The third kappa shape index (κ3) is 2.77. The van der Waals surface area contributed by atoms with Gasteiger partial charge in [0.25, 0.3) is 0 Å². The highest BCUT2D eigenvalue weighted by Crippen LogP contribution is 2.51. The zero-order valence-electron chi connectivity index (χ0n) is 20.7. The summed E-state index contributed by atoms with van der Waals surface area (Å²) in [5.74, 6) is -1.26. The van der Waals surface area contributed by atoms with Crippen molar-refractivity contribution in [1.29, 1.82) is 0 Å². The molecule has 2 N–H and O–H groups in total. The molecule has 10 heteroatoms. The molecular weight excluding hydrogens is 467 g/mol. The third-order valence-corrected chi connectivity index (χ3v) is 8.05. The number of esters is 1. The summed E-state index contributed by atoms with van der Waals surface area (Å²) < 4.78 is 25.9. The van der Waals surface area contributed by atoms with Crippen molar-refractivity contribution in [1.82, 2.24) is 10.3 Å². The minimum atomic E-state index is -1.89. The molecule has 1 amide bonds. The van der Waals surface area contributed by atoms with Gasteiger partial charge in [0.2, 0.25) is 0 Å². The number of cyclic esters (lactones) is 1. The molecule has 36 heavy (non-hydrogen) atoms. The third-order valence-electron chi connectivity index (χ3n) is 8.05. The van der Waals surface area contributed by atoms with Gasteiger partial charge in [-0.25, -0.2) is 23.4 Å². The molecule has 6 rings (SSSR count). The van der Waals surface area contributed by atoms with Gasteiger partial charge >= 0.3 is 11.9 Å². The van der Waals surface area contributed by atoms with E-state index in [4.69, 9.17) is 14.5 Å². The van der Waals surface area contributed by atoms with Crippen molar-refractivity contribution < 1.29 is 33.0 Å². The maximum Gasteiger partial charge on any atom is 0.350 e. The Balaban J connectivity index is 1.59. The number of anilines is 1. The number of carbonyl (C=O) groups excluding carboxylic acids is 2. The molecule has 0 radical (unpaired) electrons. The second-order valence-corrected chi connectivity index (χ2v) is 10.0. The minimum Gasteiger partial charge on any atom is -0.468 e. The van der Waals surface area contributed by atoms with Gasteiger partial charge in [-0.05, 0) is 26.0 Å². The number of nitrogens with zero attached hydrogens (tertiary/aromatic N) is 3. The summed E-state index contributed by atoms with van der Waals surface area (Å²) in [6.45, 7) is 5.41.